The van der Waals surface area contributed by atoms with Crippen molar-refractivity contribution < 1.29 is 4.92 Å². The van der Waals surface area contributed by atoms with E-state index in [0.717, 1.165) is 24.2 Å². The van der Waals surface area contributed by atoms with Gasteiger partial charge in [0, 0.05) is 42.6 Å². The van der Waals surface area contributed by atoms with Crippen molar-refractivity contribution in [2.75, 3.05) is 18.0 Å². The minimum Gasteiger partial charge on any atom is -0.370 e. The highest BCUT2D eigenvalue weighted by Gasteiger charge is 2.24. The lowest BCUT2D eigenvalue weighted by molar-refractivity contribution is -0.383. The number of piperidine rings is 1. The second-order valence-corrected chi connectivity index (χ2v) is 6.13. The molecule has 0 radical (unpaired) electrons. The molecule has 2 atom stereocenters. The highest BCUT2D eigenvalue weighted by atomic mass is 16.6. The Kier molecular flexibility index (Phi) is 3.49. The van der Waals surface area contributed by atoms with Gasteiger partial charge in [0.05, 0.1) is 10.3 Å². The van der Waals surface area contributed by atoms with E-state index in [1.54, 1.807) is 18.5 Å². The largest absolute Gasteiger partial charge is 0.370 e. The van der Waals surface area contributed by atoms with Crippen LogP contribution >= 0.6 is 0 Å². The van der Waals surface area contributed by atoms with E-state index in [4.69, 9.17) is 0 Å². The molecule has 0 N–H and O–H groups in total. The summed E-state index contributed by atoms with van der Waals surface area (Å²) in [5.41, 5.74) is 1.20. The average Bonchev–Trinajstić information content (AvgIpc) is 2.44. The molecular formula is C16H19N3O2. The maximum absolute atomic E-state index is 11.2. The standard InChI is InChI=1S/C16H19N3O2/c1-11-7-12(2)10-18(9-11)15-3-4-16(19(20)21)14-8-17-6-5-13(14)15/h3-6,8,11-12H,7,9-10H2,1-2H3. The van der Waals surface area contributed by atoms with Gasteiger partial charge in [-0.1, -0.05) is 13.8 Å². The fraction of sp³-hybridized carbons (Fsp3) is 0.438. The lowest BCUT2D eigenvalue weighted by Crippen LogP contribution is -2.38. The molecule has 5 nitrogen and oxygen atoms in total. The quantitative estimate of drug-likeness (QED) is 0.624. The number of nitro benzene ring substituents is 1. The molecule has 1 aliphatic heterocycles. The summed E-state index contributed by atoms with van der Waals surface area (Å²) < 4.78 is 0. The van der Waals surface area contributed by atoms with Crippen molar-refractivity contribution in [1.29, 1.82) is 0 Å². The topological polar surface area (TPSA) is 59.3 Å². The van der Waals surface area contributed by atoms with E-state index >= 15 is 0 Å². The Bertz CT molecular complexity index is 676. The molecule has 0 amide bonds. The van der Waals surface area contributed by atoms with Crippen LogP contribution in [0.25, 0.3) is 10.8 Å². The van der Waals surface area contributed by atoms with Crippen molar-refractivity contribution in [3.05, 3.63) is 40.7 Å². The molecule has 3 rings (SSSR count). The van der Waals surface area contributed by atoms with Gasteiger partial charge >= 0.3 is 0 Å². The Morgan fingerprint density at radius 3 is 2.57 bits per heavy atom. The minimum absolute atomic E-state index is 0.125. The predicted octanol–water partition coefficient (Wildman–Crippen LogP) is 3.63. The zero-order chi connectivity index (χ0) is 15.0. The van der Waals surface area contributed by atoms with Gasteiger partial charge in [-0.2, -0.15) is 0 Å². The first-order chi connectivity index (χ1) is 10.1. The van der Waals surface area contributed by atoms with Crippen LogP contribution < -0.4 is 4.90 Å². The Hall–Kier alpha value is -2.17. The first-order valence-electron chi connectivity index (χ1n) is 7.32. The van der Waals surface area contributed by atoms with Crippen molar-refractivity contribution >= 4 is 22.1 Å². The number of benzene rings is 1. The van der Waals surface area contributed by atoms with E-state index in [0.29, 0.717) is 17.2 Å². The van der Waals surface area contributed by atoms with Gasteiger partial charge in [0.1, 0.15) is 0 Å². The third-order valence-corrected chi connectivity index (χ3v) is 4.18. The number of nitro groups is 1. The lowest BCUT2D eigenvalue weighted by Gasteiger charge is -2.37. The zero-order valence-electron chi connectivity index (χ0n) is 12.3. The van der Waals surface area contributed by atoms with E-state index in [1.807, 2.05) is 12.1 Å². The summed E-state index contributed by atoms with van der Waals surface area (Å²) in [5, 5.41) is 12.7. The van der Waals surface area contributed by atoms with Crippen LogP contribution in [0.15, 0.2) is 30.6 Å². The van der Waals surface area contributed by atoms with Crippen LogP contribution in [-0.2, 0) is 0 Å². The number of aromatic nitrogens is 1. The maximum atomic E-state index is 11.2. The van der Waals surface area contributed by atoms with Crippen molar-refractivity contribution in [2.45, 2.75) is 20.3 Å². The molecular weight excluding hydrogens is 266 g/mol. The van der Waals surface area contributed by atoms with Gasteiger partial charge in [-0.15, -0.1) is 0 Å². The molecule has 0 spiro atoms. The number of anilines is 1. The molecule has 0 bridgehead atoms. The number of hydrogen-bond donors (Lipinski definition) is 0. The molecule has 1 fully saturated rings. The van der Waals surface area contributed by atoms with Gasteiger partial charge in [0.2, 0.25) is 0 Å². The Morgan fingerprint density at radius 1 is 1.19 bits per heavy atom. The number of hydrogen-bond acceptors (Lipinski definition) is 4. The van der Waals surface area contributed by atoms with E-state index < -0.39 is 0 Å². The van der Waals surface area contributed by atoms with Crippen molar-refractivity contribution in [2.24, 2.45) is 11.8 Å². The van der Waals surface area contributed by atoms with Crippen LogP contribution in [0.1, 0.15) is 20.3 Å². The van der Waals surface area contributed by atoms with Crippen LogP contribution in [-0.4, -0.2) is 23.0 Å². The number of fused-ring (bicyclic) bond motifs is 1. The molecule has 2 aromatic rings. The van der Waals surface area contributed by atoms with Crippen LogP contribution in [0, 0.1) is 22.0 Å². The van der Waals surface area contributed by atoms with E-state index in [9.17, 15) is 10.1 Å². The molecule has 0 saturated carbocycles. The summed E-state index contributed by atoms with van der Waals surface area (Å²) in [6.45, 7) is 6.52. The fourth-order valence-electron chi connectivity index (χ4n) is 3.45. The summed E-state index contributed by atoms with van der Waals surface area (Å²) in [6, 6.07) is 5.36. The van der Waals surface area contributed by atoms with E-state index in [1.165, 1.54) is 6.42 Å². The Balaban J connectivity index is 2.11. The molecule has 1 aliphatic rings. The predicted molar refractivity (Wildman–Crippen MR) is 83.6 cm³/mol. The summed E-state index contributed by atoms with van der Waals surface area (Å²) >= 11 is 0. The smallest absolute Gasteiger partial charge is 0.278 e. The minimum atomic E-state index is -0.338. The normalized spacial score (nSPS) is 22.5. The summed E-state index contributed by atoms with van der Waals surface area (Å²) in [7, 11) is 0. The van der Waals surface area contributed by atoms with Crippen LogP contribution in [0.4, 0.5) is 11.4 Å². The van der Waals surface area contributed by atoms with Crippen LogP contribution in [0.5, 0.6) is 0 Å². The SMILES string of the molecule is CC1CC(C)CN(c2ccc([N+](=O)[O-])c3cnccc23)C1. The first kappa shape index (κ1) is 13.8. The Morgan fingerprint density at radius 2 is 1.90 bits per heavy atom. The molecule has 5 heteroatoms. The zero-order valence-corrected chi connectivity index (χ0v) is 12.3. The second kappa shape index (κ2) is 5.31. The highest BCUT2D eigenvalue weighted by Crippen LogP contribution is 2.35. The van der Waals surface area contributed by atoms with E-state index in [-0.39, 0.29) is 10.6 Å². The second-order valence-electron chi connectivity index (χ2n) is 6.13. The van der Waals surface area contributed by atoms with Crippen molar-refractivity contribution in [1.82, 2.24) is 4.98 Å². The van der Waals surface area contributed by atoms with Crippen molar-refractivity contribution in [3.8, 4) is 0 Å². The molecule has 1 aromatic carbocycles. The summed E-state index contributed by atoms with van der Waals surface area (Å²) in [6.07, 6.45) is 4.53. The maximum Gasteiger partial charge on any atom is 0.278 e. The number of rotatable bonds is 2. The molecule has 2 heterocycles. The van der Waals surface area contributed by atoms with Crippen LogP contribution in [0.3, 0.4) is 0 Å². The van der Waals surface area contributed by atoms with Crippen molar-refractivity contribution in [3.63, 3.8) is 0 Å². The molecule has 0 aliphatic carbocycles. The molecule has 110 valence electrons. The average molecular weight is 285 g/mol. The third kappa shape index (κ3) is 2.55. The van der Waals surface area contributed by atoms with Gasteiger partial charge in [0.15, 0.2) is 0 Å². The fourth-order valence-corrected chi connectivity index (χ4v) is 3.45. The van der Waals surface area contributed by atoms with Gasteiger partial charge in [-0.05, 0) is 30.4 Å². The molecule has 1 aromatic heterocycles. The Labute approximate surface area is 123 Å². The monoisotopic (exact) mass is 285 g/mol. The van der Waals surface area contributed by atoms with Gasteiger partial charge in [-0.25, -0.2) is 0 Å². The van der Waals surface area contributed by atoms with E-state index in [2.05, 4.69) is 23.7 Å². The van der Waals surface area contributed by atoms with Gasteiger partial charge < -0.3 is 4.90 Å². The highest BCUT2D eigenvalue weighted by molar-refractivity contribution is 5.99. The first-order valence-corrected chi connectivity index (χ1v) is 7.32. The number of pyridine rings is 1. The van der Waals surface area contributed by atoms with Gasteiger partial charge in [0.25, 0.3) is 5.69 Å². The third-order valence-electron chi connectivity index (χ3n) is 4.18. The van der Waals surface area contributed by atoms with Gasteiger partial charge in [-0.3, -0.25) is 15.1 Å². The lowest BCUT2D eigenvalue weighted by atomic mass is 9.91. The summed E-state index contributed by atoms with van der Waals surface area (Å²) in [5.74, 6) is 1.28. The van der Waals surface area contributed by atoms with Crippen LogP contribution in [0.2, 0.25) is 0 Å². The molecule has 1 saturated heterocycles. The molecule has 2 unspecified atom stereocenters. The number of non-ortho nitro benzene ring substituents is 1. The number of nitrogens with zero attached hydrogens (tertiary/aromatic N) is 3. The molecule has 21 heavy (non-hydrogen) atoms. The summed E-state index contributed by atoms with van der Waals surface area (Å²) in [4.78, 5) is 17.2.